The molecule has 0 saturated heterocycles. The molecular formula is C12H12O4S. The molecule has 0 aromatic carbocycles. The predicted molar refractivity (Wildman–Crippen MR) is 62.6 cm³/mol. The number of hydrogen-bond donors (Lipinski definition) is 0. The van der Waals surface area contributed by atoms with E-state index >= 15 is 0 Å². The average molecular weight is 252 g/mol. The lowest BCUT2D eigenvalue weighted by molar-refractivity contribution is -0.172. The zero-order valence-corrected chi connectivity index (χ0v) is 9.94. The van der Waals surface area contributed by atoms with E-state index in [1.54, 1.807) is 11.3 Å². The van der Waals surface area contributed by atoms with Crippen LogP contribution in [0.4, 0.5) is 0 Å². The number of ketones is 1. The minimum atomic E-state index is -0.719. The molecule has 1 aliphatic heterocycles. The summed E-state index contributed by atoms with van der Waals surface area (Å²) in [6, 6.07) is 3.93. The van der Waals surface area contributed by atoms with E-state index in [0.29, 0.717) is 12.8 Å². The van der Waals surface area contributed by atoms with E-state index in [1.807, 2.05) is 17.5 Å². The van der Waals surface area contributed by atoms with Gasteiger partial charge < -0.3 is 9.47 Å². The van der Waals surface area contributed by atoms with Gasteiger partial charge in [0.25, 0.3) is 0 Å². The van der Waals surface area contributed by atoms with Crippen LogP contribution in [0.15, 0.2) is 29.7 Å². The minimum absolute atomic E-state index is 0.0284. The molecule has 1 aromatic rings. The van der Waals surface area contributed by atoms with Gasteiger partial charge in [0.05, 0.1) is 6.42 Å². The SMILES string of the molecule is O=C1C=C[C@H](OC(=O)CCc2cccs2)OC1. The lowest BCUT2D eigenvalue weighted by Crippen LogP contribution is -2.26. The van der Waals surface area contributed by atoms with Crippen molar-refractivity contribution >= 4 is 23.1 Å². The summed E-state index contributed by atoms with van der Waals surface area (Å²) in [5.41, 5.74) is 0. The number of esters is 1. The number of carbonyl (C=O) groups excluding carboxylic acids is 2. The van der Waals surface area contributed by atoms with Gasteiger partial charge in [0, 0.05) is 4.88 Å². The predicted octanol–water partition coefficient (Wildman–Crippen LogP) is 1.71. The van der Waals surface area contributed by atoms with Crippen LogP contribution in [0.5, 0.6) is 0 Å². The van der Waals surface area contributed by atoms with Gasteiger partial charge in [-0.2, -0.15) is 0 Å². The average Bonchev–Trinajstić information content (AvgIpc) is 2.83. The molecule has 1 aliphatic rings. The smallest absolute Gasteiger partial charge is 0.308 e. The quantitative estimate of drug-likeness (QED) is 0.765. The Bertz CT molecular complexity index is 422. The number of ether oxygens (including phenoxy) is 2. The van der Waals surface area contributed by atoms with Crippen LogP contribution >= 0.6 is 11.3 Å². The Labute approximate surface area is 103 Å². The van der Waals surface area contributed by atoms with Crippen molar-refractivity contribution < 1.29 is 19.1 Å². The number of hydrogen-bond acceptors (Lipinski definition) is 5. The maximum atomic E-state index is 11.5. The summed E-state index contributed by atoms with van der Waals surface area (Å²) >= 11 is 1.61. The van der Waals surface area contributed by atoms with Crippen molar-refractivity contribution in [1.29, 1.82) is 0 Å². The van der Waals surface area contributed by atoms with Crippen molar-refractivity contribution in [2.45, 2.75) is 19.1 Å². The van der Waals surface area contributed by atoms with Crippen molar-refractivity contribution in [2.75, 3.05) is 6.61 Å². The lowest BCUT2D eigenvalue weighted by Gasteiger charge is -2.17. The standard InChI is InChI=1S/C12H12O4S/c13-9-3-6-12(15-8-9)16-11(14)5-4-10-2-1-7-17-10/h1-3,6-7,12H,4-5,8H2/t12-/m0/s1. The maximum Gasteiger partial charge on any atom is 0.308 e. The van der Waals surface area contributed by atoms with Crippen LogP contribution in [0.25, 0.3) is 0 Å². The highest BCUT2D eigenvalue weighted by Crippen LogP contribution is 2.12. The van der Waals surface area contributed by atoms with Crippen LogP contribution in [-0.2, 0) is 25.5 Å². The first-order valence-electron chi connectivity index (χ1n) is 5.28. The van der Waals surface area contributed by atoms with Gasteiger partial charge in [-0.3, -0.25) is 9.59 Å². The zero-order chi connectivity index (χ0) is 12.1. The lowest BCUT2D eigenvalue weighted by atomic mass is 10.2. The number of rotatable bonds is 4. The molecule has 0 amide bonds. The normalized spacial score (nSPS) is 19.3. The molecule has 0 N–H and O–H groups in total. The van der Waals surface area contributed by atoms with Crippen LogP contribution in [0.3, 0.4) is 0 Å². The monoisotopic (exact) mass is 252 g/mol. The van der Waals surface area contributed by atoms with E-state index in [0.717, 1.165) is 4.88 Å². The number of aryl methyl sites for hydroxylation is 1. The zero-order valence-electron chi connectivity index (χ0n) is 9.13. The first kappa shape index (κ1) is 12.0. The summed E-state index contributed by atoms with van der Waals surface area (Å²) in [7, 11) is 0. The van der Waals surface area contributed by atoms with E-state index in [-0.39, 0.29) is 18.4 Å². The Morgan fingerprint density at radius 2 is 2.47 bits per heavy atom. The van der Waals surface area contributed by atoms with Crippen LogP contribution in [0.1, 0.15) is 11.3 Å². The Balaban J connectivity index is 1.74. The summed E-state index contributed by atoms with van der Waals surface area (Å²) in [5.74, 6) is -0.432. The molecule has 17 heavy (non-hydrogen) atoms. The van der Waals surface area contributed by atoms with Crippen LogP contribution in [-0.4, -0.2) is 24.6 Å². The van der Waals surface area contributed by atoms with Gasteiger partial charge >= 0.3 is 5.97 Å². The maximum absolute atomic E-state index is 11.5. The van der Waals surface area contributed by atoms with Gasteiger partial charge in [0.15, 0.2) is 5.78 Å². The fraction of sp³-hybridized carbons (Fsp3) is 0.333. The topological polar surface area (TPSA) is 52.6 Å². The molecule has 1 aromatic heterocycles. The second-order valence-electron chi connectivity index (χ2n) is 3.57. The molecule has 0 unspecified atom stereocenters. The largest absolute Gasteiger partial charge is 0.432 e. The van der Waals surface area contributed by atoms with Gasteiger partial charge in [-0.15, -0.1) is 11.3 Å². The highest BCUT2D eigenvalue weighted by Gasteiger charge is 2.17. The summed E-state index contributed by atoms with van der Waals surface area (Å²) in [6.07, 6.45) is 3.10. The molecule has 0 radical (unpaired) electrons. The summed E-state index contributed by atoms with van der Waals surface area (Å²) in [4.78, 5) is 23.4. The fourth-order valence-electron chi connectivity index (χ4n) is 1.40. The van der Waals surface area contributed by atoms with Crippen LogP contribution in [0, 0.1) is 0 Å². The second-order valence-corrected chi connectivity index (χ2v) is 4.61. The first-order chi connectivity index (χ1) is 8.24. The summed E-state index contributed by atoms with van der Waals surface area (Å²) < 4.78 is 10.1. The molecular weight excluding hydrogens is 240 g/mol. The van der Waals surface area contributed by atoms with Gasteiger partial charge in [-0.1, -0.05) is 6.07 Å². The van der Waals surface area contributed by atoms with Gasteiger partial charge in [0.2, 0.25) is 6.29 Å². The van der Waals surface area contributed by atoms with Gasteiger partial charge in [0.1, 0.15) is 6.61 Å². The van der Waals surface area contributed by atoms with E-state index in [4.69, 9.17) is 9.47 Å². The van der Waals surface area contributed by atoms with E-state index in [9.17, 15) is 9.59 Å². The highest BCUT2D eigenvalue weighted by molar-refractivity contribution is 7.09. The molecule has 0 fully saturated rings. The molecule has 0 aliphatic carbocycles. The molecule has 2 rings (SSSR count). The molecule has 0 bridgehead atoms. The third-order valence-corrected chi connectivity index (χ3v) is 3.17. The number of thiophene rings is 1. The van der Waals surface area contributed by atoms with Gasteiger partial charge in [-0.25, -0.2) is 0 Å². The van der Waals surface area contributed by atoms with Crippen LogP contribution < -0.4 is 0 Å². The van der Waals surface area contributed by atoms with E-state index in [2.05, 4.69) is 0 Å². The van der Waals surface area contributed by atoms with Crippen molar-refractivity contribution in [3.8, 4) is 0 Å². The Morgan fingerprint density at radius 1 is 1.59 bits per heavy atom. The third-order valence-electron chi connectivity index (χ3n) is 2.23. The highest BCUT2D eigenvalue weighted by atomic mass is 32.1. The molecule has 1 atom stereocenters. The summed E-state index contributed by atoms with van der Waals surface area (Å²) in [5, 5.41) is 1.97. The molecule has 0 spiro atoms. The van der Waals surface area contributed by atoms with Crippen LogP contribution in [0.2, 0.25) is 0 Å². The van der Waals surface area contributed by atoms with E-state index < -0.39 is 6.29 Å². The Morgan fingerprint density at radius 3 is 3.12 bits per heavy atom. The molecule has 5 heteroatoms. The molecule has 4 nitrogen and oxygen atoms in total. The Kier molecular flexibility index (Phi) is 4.06. The van der Waals surface area contributed by atoms with Crippen molar-refractivity contribution in [2.24, 2.45) is 0 Å². The first-order valence-corrected chi connectivity index (χ1v) is 6.16. The Hall–Kier alpha value is -1.46. The van der Waals surface area contributed by atoms with E-state index in [1.165, 1.54) is 12.2 Å². The van der Waals surface area contributed by atoms with Gasteiger partial charge in [-0.05, 0) is 30.0 Å². The van der Waals surface area contributed by atoms with Crippen molar-refractivity contribution in [3.63, 3.8) is 0 Å². The van der Waals surface area contributed by atoms with Crippen molar-refractivity contribution in [1.82, 2.24) is 0 Å². The molecule has 90 valence electrons. The third kappa shape index (κ3) is 3.80. The minimum Gasteiger partial charge on any atom is -0.432 e. The molecule has 2 heterocycles. The van der Waals surface area contributed by atoms with Crippen molar-refractivity contribution in [3.05, 3.63) is 34.5 Å². The fourth-order valence-corrected chi connectivity index (χ4v) is 2.10. The summed E-state index contributed by atoms with van der Waals surface area (Å²) in [6.45, 7) is -0.0284. The number of carbonyl (C=O) groups is 2. The second kappa shape index (κ2) is 5.75. The molecule has 0 saturated carbocycles.